The fraction of sp³-hybridized carbons (Fsp3) is 0.250. The van der Waals surface area contributed by atoms with Crippen LogP contribution in [0.5, 0.6) is 0 Å². The van der Waals surface area contributed by atoms with E-state index in [-0.39, 0.29) is 12.1 Å². The van der Waals surface area contributed by atoms with Crippen molar-refractivity contribution in [3.8, 4) is 22.9 Å². The summed E-state index contributed by atoms with van der Waals surface area (Å²) in [6.07, 6.45) is 5.17. The van der Waals surface area contributed by atoms with Crippen molar-refractivity contribution >= 4 is 27.5 Å². The number of anilines is 1. The Hall–Kier alpha value is -4.14. The highest BCUT2D eigenvalue weighted by Gasteiger charge is 2.21. The van der Waals surface area contributed by atoms with Gasteiger partial charge in [0.2, 0.25) is 0 Å². The van der Waals surface area contributed by atoms with E-state index in [4.69, 9.17) is 4.98 Å². The molecule has 0 atom stereocenters. The molecule has 184 valence electrons. The first-order valence-corrected chi connectivity index (χ1v) is 13.0. The quantitative estimate of drug-likeness (QED) is 0.285. The van der Waals surface area contributed by atoms with Gasteiger partial charge in [-0.05, 0) is 87.1 Å². The number of aliphatic hydroxyl groups excluding tert-OH is 1. The maximum absolute atomic E-state index is 9.89. The van der Waals surface area contributed by atoms with E-state index >= 15 is 0 Å². The third-order valence-electron chi connectivity index (χ3n) is 7.88. The molecule has 0 bridgehead atoms. The number of benzene rings is 3. The third-order valence-corrected chi connectivity index (χ3v) is 7.88. The second-order valence-electron chi connectivity index (χ2n) is 10.2. The fourth-order valence-corrected chi connectivity index (χ4v) is 5.77. The minimum atomic E-state index is -0.205. The van der Waals surface area contributed by atoms with Crippen LogP contribution in [-0.4, -0.2) is 26.8 Å². The number of aryl methyl sites for hydroxylation is 1. The molecule has 2 N–H and O–H groups in total. The van der Waals surface area contributed by atoms with Crippen molar-refractivity contribution in [1.29, 1.82) is 5.26 Å². The first-order chi connectivity index (χ1) is 18.0. The molecule has 0 unspecified atom stereocenters. The molecule has 6 rings (SSSR count). The lowest BCUT2D eigenvalue weighted by Crippen LogP contribution is -2.28. The van der Waals surface area contributed by atoms with Crippen molar-refractivity contribution in [2.75, 3.05) is 5.32 Å². The first kappa shape index (κ1) is 23.3. The number of nitriles is 1. The lowest BCUT2D eigenvalue weighted by molar-refractivity contribution is 0.126. The van der Waals surface area contributed by atoms with Gasteiger partial charge in [0.1, 0.15) is 6.07 Å². The zero-order chi connectivity index (χ0) is 25.5. The first-order valence-electron chi connectivity index (χ1n) is 13.0. The van der Waals surface area contributed by atoms with E-state index in [0.29, 0.717) is 5.56 Å². The summed E-state index contributed by atoms with van der Waals surface area (Å²) >= 11 is 0. The minimum absolute atomic E-state index is 0.205. The van der Waals surface area contributed by atoms with Crippen molar-refractivity contribution < 1.29 is 5.11 Å². The number of hydrogen-bond donors (Lipinski definition) is 2. The van der Waals surface area contributed by atoms with Crippen molar-refractivity contribution in [2.45, 2.75) is 51.7 Å². The van der Waals surface area contributed by atoms with Crippen molar-refractivity contribution in [2.24, 2.45) is 0 Å². The summed E-state index contributed by atoms with van der Waals surface area (Å²) in [5, 5.41) is 25.6. The number of aliphatic hydroxyl groups is 1. The molecule has 2 aromatic heterocycles. The topological polar surface area (TPSA) is 73.9 Å². The Morgan fingerprint density at radius 3 is 2.59 bits per heavy atom. The maximum atomic E-state index is 9.89. The molecular weight excluding hydrogens is 456 g/mol. The van der Waals surface area contributed by atoms with E-state index in [2.05, 4.69) is 66.2 Å². The number of pyridine rings is 1. The van der Waals surface area contributed by atoms with Gasteiger partial charge in [0.05, 0.1) is 28.4 Å². The lowest BCUT2D eigenvalue weighted by Gasteiger charge is -2.27. The zero-order valence-electron chi connectivity index (χ0n) is 21.2. The molecule has 3 aromatic carbocycles. The predicted octanol–water partition coefficient (Wildman–Crippen LogP) is 7.05. The number of fused-ring (bicyclic) bond motifs is 2. The van der Waals surface area contributed by atoms with Gasteiger partial charge >= 0.3 is 0 Å². The largest absolute Gasteiger partial charge is 0.393 e. The molecule has 1 saturated carbocycles. The molecule has 2 heterocycles. The van der Waals surface area contributed by atoms with Gasteiger partial charge in [-0.3, -0.25) is 4.98 Å². The smallest absolute Gasteiger partial charge is 0.101 e. The molecule has 5 aromatic rings. The van der Waals surface area contributed by atoms with Crippen LogP contribution in [0.1, 0.15) is 42.5 Å². The zero-order valence-corrected chi connectivity index (χ0v) is 21.2. The van der Waals surface area contributed by atoms with E-state index in [0.717, 1.165) is 59.0 Å². The summed E-state index contributed by atoms with van der Waals surface area (Å²) in [5.74, 6) is 0. The highest BCUT2D eigenvalue weighted by atomic mass is 16.3. The summed E-state index contributed by atoms with van der Waals surface area (Å²) in [5.41, 5.74) is 9.34. The summed E-state index contributed by atoms with van der Waals surface area (Å²) < 4.78 is 2.29. The van der Waals surface area contributed by atoms with Crippen molar-refractivity contribution in [1.82, 2.24) is 9.55 Å². The number of para-hydroxylation sites is 1. The second kappa shape index (κ2) is 9.38. The molecule has 1 aliphatic rings. The van der Waals surface area contributed by atoms with E-state index in [1.165, 1.54) is 22.2 Å². The SMILES string of the molecule is Cc1c(C)n(-c2ccc(C#N)c(NC3CCC(O)CC3)c2)c2cccc(-c3cnc4ccccc4c3)c12. The van der Waals surface area contributed by atoms with E-state index in [1.54, 1.807) is 0 Å². The maximum Gasteiger partial charge on any atom is 0.101 e. The summed E-state index contributed by atoms with van der Waals surface area (Å²) in [4.78, 5) is 4.71. The number of hydrogen-bond acceptors (Lipinski definition) is 4. The van der Waals surface area contributed by atoms with Crippen LogP contribution in [0.25, 0.3) is 38.6 Å². The average molecular weight is 487 g/mol. The van der Waals surface area contributed by atoms with Crippen LogP contribution in [0.3, 0.4) is 0 Å². The Bertz CT molecular complexity index is 1670. The molecular formula is C32H30N4O. The molecule has 37 heavy (non-hydrogen) atoms. The van der Waals surface area contributed by atoms with Gasteiger partial charge in [0.25, 0.3) is 0 Å². The summed E-state index contributed by atoms with van der Waals surface area (Å²) in [6, 6.07) is 25.5. The molecule has 5 nitrogen and oxygen atoms in total. The molecule has 0 spiro atoms. The lowest BCUT2D eigenvalue weighted by atomic mass is 9.93. The van der Waals surface area contributed by atoms with E-state index in [9.17, 15) is 10.4 Å². The van der Waals surface area contributed by atoms with Crippen LogP contribution in [0.2, 0.25) is 0 Å². The van der Waals surface area contributed by atoms with Crippen LogP contribution < -0.4 is 5.32 Å². The highest BCUT2D eigenvalue weighted by Crippen LogP contribution is 2.37. The van der Waals surface area contributed by atoms with E-state index in [1.807, 2.05) is 36.5 Å². The van der Waals surface area contributed by atoms with Crippen LogP contribution in [-0.2, 0) is 0 Å². The number of nitrogens with one attached hydrogen (secondary N) is 1. The van der Waals surface area contributed by atoms with Crippen LogP contribution in [0, 0.1) is 25.2 Å². The summed E-state index contributed by atoms with van der Waals surface area (Å²) in [7, 11) is 0. The highest BCUT2D eigenvalue weighted by molar-refractivity contribution is 6.01. The second-order valence-corrected chi connectivity index (χ2v) is 10.2. The molecule has 5 heteroatoms. The molecule has 0 aliphatic heterocycles. The van der Waals surface area contributed by atoms with Crippen LogP contribution in [0.15, 0.2) is 72.9 Å². The Morgan fingerprint density at radius 1 is 0.973 bits per heavy atom. The van der Waals surface area contributed by atoms with Gasteiger partial charge in [-0.2, -0.15) is 5.26 Å². The molecule has 0 saturated heterocycles. The standard InChI is InChI=1S/C32H30N4O/c1-20-21(2)36(26-13-10-23(18-33)30(17-26)35-25-11-14-27(37)15-12-25)31-9-5-7-28(32(20)31)24-16-22-6-3-4-8-29(22)34-19-24/h3-10,13,16-17,19,25,27,35,37H,11-12,14-15H2,1-2H3. The Morgan fingerprint density at radius 2 is 1.78 bits per heavy atom. The third kappa shape index (κ3) is 4.14. The van der Waals surface area contributed by atoms with Crippen LogP contribution >= 0.6 is 0 Å². The van der Waals surface area contributed by atoms with Gasteiger partial charge in [0, 0.05) is 40.0 Å². The van der Waals surface area contributed by atoms with Crippen molar-refractivity contribution in [3.63, 3.8) is 0 Å². The van der Waals surface area contributed by atoms with Gasteiger partial charge in [-0.15, -0.1) is 0 Å². The van der Waals surface area contributed by atoms with Gasteiger partial charge in [-0.1, -0.05) is 30.3 Å². The van der Waals surface area contributed by atoms with Crippen LogP contribution in [0.4, 0.5) is 5.69 Å². The average Bonchev–Trinajstić information content (AvgIpc) is 3.19. The number of aromatic nitrogens is 2. The Labute approximate surface area is 217 Å². The molecule has 0 radical (unpaired) electrons. The fourth-order valence-electron chi connectivity index (χ4n) is 5.77. The van der Waals surface area contributed by atoms with Gasteiger partial charge < -0.3 is 15.0 Å². The van der Waals surface area contributed by atoms with Gasteiger partial charge in [0.15, 0.2) is 0 Å². The number of nitrogens with zero attached hydrogens (tertiary/aromatic N) is 3. The van der Waals surface area contributed by atoms with Crippen molar-refractivity contribution in [3.05, 3.63) is 89.7 Å². The minimum Gasteiger partial charge on any atom is -0.393 e. The predicted molar refractivity (Wildman–Crippen MR) is 150 cm³/mol. The molecule has 0 amide bonds. The Kier molecular flexibility index (Phi) is 5.90. The van der Waals surface area contributed by atoms with Gasteiger partial charge in [-0.25, -0.2) is 0 Å². The Balaban J connectivity index is 1.46. The summed E-state index contributed by atoms with van der Waals surface area (Å²) in [6.45, 7) is 4.34. The monoisotopic (exact) mass is 486 g/mol. The van der Waals surface area contributed by atoms with E-state index < -0.39 is 0 Å². The molecule has 1 fully saturated rings. The molecule has 1 aliphatic carbocycles. The normalized spacial score (nSPS) is 17.7. The number of rotatable bonds is 4.